The molecular weight excluding hydrogens is 701 g/mol. The van der Waals surface area contributed by atoms with Gasteiger partial charge >= 0.3 is 0 Å². The molecule has 53 heavy (non-hydrogen) atoms. The average molecular weight is 741 g/mol. The number of fused-ring (bicyclic) bond motifs is 1. The van der Waals surface area contributed by atoms with Gasteiger partial charge in [-0.3, -0.25) is 24.8 Å². The van der Waals surface area contributed by atoms with Gasteiger partial charge in [-0.1, -0.05) is 60.1 Å². The number of hydrogen-bond acceptors (Lipinski definition) is 7. The number of halogens is 4. The summed E-state index contributed by atoms with van der Waals surface area (Å²) in [6.45, 7) is 7.88. The first-order chi connectivity index (χ1) is 25.4. The third-order valence-corrected chi connectivity index (χ3v) is 11.0. The summed E-state index contributed by atoms with van der Waals surface area (Å²) >= 11 is 6.82. The SMILES string of the molecule is Cc1nc(N[C@H](C)c2cccc(C(F)F)c2F)c2cc(-c3cccc(CN4CCC(c5ccc([C@@]6(C)CCC(=O)NC6=O)cc5Cl)CC4)c3)ncc2n1. The van der Waals surface area contributed by atoms with Gasteiger partial charge in [0, 0.05) is 34.5 Å². The molecule has 4 heterocycles. The minimum Gasteiger partial charge on any atom is -0.363 e. The van der Waals surface area contributed by atoms with Crippen LogP contribution in [-0.4, -0.2) is 44.8 Å². The zero-order valence-corrected chi connectivity index (χ0v) is 30.5. The van der Waals surface area contributed by atoms with Crippen molar-refractivity contribution >= 4 is 40.1 Å². The predicted octanol–water partition coefficient (Wildman–Crippen LogP) is 8.98. The van der Waals surface area contributed by atoms with E-state index in [1.807, 2.05) is 43.3 Å². The molecule has 0 unspecified atom stereocenters. The fourth-order valence-electron chi connectivity index (χ4n) is 7.54. The van der Waals surface area contributed by atoms with Crippen molar-refractivity contribution in [2.75, 3.05) is 18.4 Å². The van der Waals surface area contributed by atoms with Crippen LogP contribution in [0.3, 0.4) is 0 Å². The number of benzene rings is 3. The van der Waals surface area contributed by atoms with Crippen molar-refractivity contribution in [2.24, 2.45) is 0 Å². The van der Waals surface area contributed by atoms with Gasteiger partial charge in [0.15, 0.2) is 0 Å². The van der Waals surface area contributed by atoms with Crippen molar-refractivity contribution in [2.45, 2.75) is 76.8 Å². The highest BCUT2D eigenvalue weighted by molar-refractivity contribution is 6.31. The van der Waals surface area contributed by atoms with Crippen LogP contribution in [0.4, 0.5) is 19.0 Å². The van der Waals surface area contributed by atoms with Gasteiger partial charge in [-0.05, 0) is 93.9 Å². The molecule has 12 heteroatoms. The molecule has 2 N–H and O–H groups in total. The minimum atomic E-state index is -2.92. The van der Waals surface area contributed by atoms with E-state index in [1.54, 1.807) is 20.0 Å². The highest BCUT2D eigenvalue weighted by Gasteiger charge is 2.40. The summed E-state index contributed by atoms with van der Waals surface area (Å²) in [5.74, 6) is -0.189. The maximum Gasteiger partial charge on any atom is 0.266 e. The van der Waals surface area contributed by atoms with Gasteiger partial charge in [-0.2, -0.15) is 0 Å². The number of aryl methyl sites for hydroxylation is 1. The molecular formula is C41H40ClF3N6O2. The molecule has 2 aromatic heterocycles. The Morgan fingerprint density at radius 1 is 1.02 bits per heavy atom. The molecule has 7 rings (SSSR count). The fraction of sp³-hybridized carbons (Fsp3) is 0.341. The van der Waals surface area contributed by atoms with E-state index in [4.69, 9.17) is 16.6 Å². The molecule has 2 atom stereocenters. The molecule has 0 bridgehead atoms. The maximum absolute atomic E-state index is 15.0. The van der Waals surface area contributed by atoms with Gasteiger partial charge in [0.25, 0.3) is 6.43 Å². The zero-order valence-electron chi connectivity index (χ0n) is 29.7. The summed E-state index contributed by atoms with van der Waals surface area (Å²) in [6, 6.07) is 19.4. The lowest BCUT2D eigenvalue weighted by molar-refractivity contribution is -0.137. The van der Waals surface area contributed by atoms with E-state index in [2.05, 4.69) is 37.6 Å². The molecule has 0 saturated carbocycles. The van der Waals surface area contributed by atoms with Crippen LogP contribution in [0.1, 0.15) is 91.6 Å². The summed E-state index contributed by atoms with van der Waals surface area (Å²) in [7, 11) is 0. The molecule has 2 fully saturated rings. The lowest BCUT2D eigenvalue weighted by Crippen LogP contribution is -2.49. The maximum atomic E-state index is 15.0. The van der Waals surface area contributed by atoms with E-state index >= 15 is 0 Å². The van der Waals surface area contributed by atoms with E-state index in [9.17, 15) is 22.8 Å². The molecule has 2 saturated heterocycles. The standard InChI is InChI=1S/C41H40ClF3N6O2/c1-23(29-8-5-9-31(37(29)43)38(44)45)47-39-32-20-34(46-21-35(32)48-24(2)49-39)27-7-4-6-25(18-27)22-51-16-13-26(14-17-51)30-11-10-28(19-33(30)42)41(3)15-12-36(52)50-40(41)53/h4-11,18-21,23,26,38H,12-17,22H2,1-3H3,(H,47,48,49)(H,50,52,53)/t23-,41-/m1/s1. The molecule has 8 nitrogen and oxygen atoms in total. The quantitative estimate of drug-likeness (QED) is 0.146. The van der Waals surface area contributed by atoms with Crippen LogP contribution in [0, 0.1) is 12.7 Å². The van der Waals surface area contributed by atoms with Gasteiger partial charge in [-0.25, -0.2) is 23.1 Å². The first-order valence-electron chi connectivity index (χ1n) is 17.8. The number of piperidine rings is 2. The van der Waals surface area contributed by atoms with Gasteiger partial charge in [-0.15, -0.1) is 0 Å². The molecule has 3 aromatic carbocycles. The molecule has 0 spiro atoms. The van der Waals surface area contributed by atoms with Crippen molar-refractivity contribution < 1.29 is 22.8 Å². The number of aromatic nitrogens is 3. The van der Waals surface area contributed by atoms with E-state index in [0.717, 1.165) is 66.5 Å². The number of nitrogens with zero attached hydrogens (tertiary/aromatic N) is 4. The molecule has 5 aromatic rings. The van der Waals surface area contributed by atoms with E-state index in [1.165, 1.54) is 12.1 Å². The van der Waals surface area contributed by atoms with Crippen molar-refractivity contribution in [1.82, 2.24) is 25.2 Å². The number of rotatable bonds is 9. The number of likely N-dealkylation sites (tertiary alicyclic amines) is 1. The lowest BCUT2D eigenvalue weighted by atomic mass is 9.75. The van der Waals surface area contributed by atoms with Gasteiger partial charge in [0.1, 0.15) is 17.5 Å². The molecule has 0 radical (unpaired) electrons. The fourth-order valence-corrected chi connectivity index (χ4v) is 7.88. The lowest BCUT2D eigenvalue weighted by Gasteiger charge is -2.34. The summed E-state index contributed by atoms with van der Waals surface area (Å²) < 4.78 is 41.8. The molecule has 2 aliphatic rings. The average Bonchev–Trinajstić information content (AvgIpc) is 3.13. The van der Waals surface area contributed by atoms with Crippen LogP contribution in [0.25, 0.3) is 22.2 Å². The number of anilines is 1. The third-order valence-electron chi connectivity index (χ3n) is 10.7. The largest absolute Gasteiger partial charge is 0.363 e. The normalized spacial score (nSPS) is 19.1. The number of carbonyl (C=O) groups is 2. The number of nitrogens with one attached hydrogen (secondary N) is 2. The first kappa shape index (κ1) is 36.5. The van der Waals surface area contributed by atoms with E-state index in [-0.39, 0.29) is 17.4 Å². The minimum absolute atomic E-state index is 0.124. The molecule has 0 aliphatic carbocycles. The van der Waals surface area contributed by atoms with E-state index in [0.29, 0.717) is 46.3 Å². The summed E-state index contributed by atoms with van der Waals surface area (Å²) in [6.07, 6.45) is 1.43. The zero-order chi connectivity index (χ0) is 37.4. The summed E-state index contributed by atoms with van der Waals surface area (Å²) in [5.41, 5.74) is 4.01. The number of hydrogen-bond donors (Lipinski definition) is 2. The number of pyridine rings is 1. The highest BCUT2D eigenvalue weighted by Crippen LogP contribution is 2.39. The van der Waals surface area contributed by atoms with Crippen molar-refractivity contribution in [3.05, 3.63) is 117 Å². The second-order valence-corrected chi connectivity index (χ2v) is 14.7. The number of amides is 2. The smallest absolute Gasteiger partial charge is 0.266 e. The van der Waals surface area contributed by atoms with Crippen LogP contribution in [0.2, 0.25) is 5.02 Å². The second kappa shape index (κ2) is 14.9. The second-order valence-electron chi connectivity index (χ2n) is 14.3. The van der Waals surface area contributed by atoms with E-state index < -0.39 is 29.3 Å². The number of alkyl halides is 2. The van der Waals surface area contributed by atoms with Crippen molar-refractivity contribution in [3.63, 3.8) is 0 Å². The first-order valence-corrected chi connectivity index (χ1v) is 18.2. The van der Waals surface area contributed by atoms with Gasteiger partial charge < -0.3 is 5.32 Å². The summed E-state index contributed by atoms with van der Waals surface area (Å²) in [4.78, 5) is 40.7. The van der Waals surface area contributed by atoms with Crippen LogP contribution < -0.4 is 10.6 Å². The Morgan fingerprint density at radius 2 is 1.77 bits per heavy atom. The Kier molecular flexibility index (Phi) is 10.2. The number of imide groups is 1. The monoisotopic (exact) mass is 740 g/mol. The van der Waals surface area contributed by atoms with Crippen LogP contribution >= 0.6 is 11.6 Å². The van der Waals surface area contributed by atoms with Crippen LogP contribution in [0.5, 0.6) is 0 Å². The number of carbonyl (C=O) groups excluding carboxylic acids is 2. The third kappa shape index (κ3) is 7.50. The van der Waals surface area contributed by atoms with Crippen molar-refractivity contribution in [3.8, 4) is 11.3 Å². The highest BCUT2D eigenvalue weighted by atomic mass is 35.5. The van der Waals surface area contributed by atoms with Gasteiger partial charge in [0.05, 0.1) is 34.4 Å². The Balaban J connectivity index is 1.04. The molecule has 2 aliphatic heterocycles. The Labute approximate surface area is 311 Å². The van der Waals surface area contributed by atoms with Crippen LogP contribution in [0.15, 0.2) is 72.9 Å². The Morgan fingerprint density at radius 3 is 2.51 bits per heavy atom. The van der Waals surface area contributed by atoms with Gasteiger partial charge in [0.2, 0.25) is 11.8 Å². The predicted molar refractivity (Wildman–Crippen MR) is 199 cm³/mol. The topological polar surface area (TPSA) is 100 Å². The summed E-state index contributed by atoms with van der Waals surface area (Å²) in [5, 5.41) is 7.03. The Hall–Kier alpha value is -4.87. The van der Waals surface area contributed by atoms with Crippen molar-refractivity contribution in [1.29, 1.82) is 0 Å². The van der Waals surface area contributed by atoms with Crippen LogP contribution in [-0.2, 0) is 21.5 Å². The Bertz CT molecular complexity index is 2210. The molecule has 2 amide bonds. The molecule has 274 valence electrons.